The van der Waals surface area contributed by atoms with Crippen LogP contribution < -0.4 is 5.32 Å². The smallest absolute Gasteiger partial charge is 0.395 e. The molecule has 2 aliphatic rings. The first-order chi connectivity index (χ1) is 11.5. The van der Waals surface area contributed by atoms with Crippen LogP contribution >= 0.6 is 11.8 Å². The van der Waals surface area contributed by atoms with Gasteiger partial charge in [0.1, 0.15) is 4.92 Å². The Hall–Kier alpha value is -2.36. The van der Waals surface area contributed by atoms with Crippen molar-refractivity contribution < 1.29 is 23.7 Å². The zero-order valence-electron chi connectivity index (χ0n) is 12.6. The van der Waals surface area contributed by atoms with Crippen molar-refractivity contribution in [3.8, 4) is 0 Å². The molecule has 2 heterocycles. The number of nitro groups is 1. The summed E-state index contributed by atoms with van der Waals surface area (Å²) in [6, 6.07) is 1.56. The van der Waals surface area contributed by atoms with E-state index in [4.69, 9.17) is 4.42 Å². The van der Waals surface area contributed by atoms with E-state index >= 15 is 0 Å². The molecule has 0 bridgehead atoms. The van der Waals surface area contributed by atoms with E-state index in [1.807, 2.05) is 0 Å². The number of thioether (sulfide) groups is 1. The number of nitrogens with zero attached hydrogens (tertiary/aromatic N) is 2. The number of amides is 3. The maximum Gasteiger partial charge on any atom is 0.433 e. The lowest BCUT2D eigenvalue weighted by atomic mass is 9.89. The van der Waals surface area contributed by atoms with Gasteiger partial charge in [-0.05, 0) is 18.9 Å². The maximum atomic E-state index is 12.3. The Balaban J connectivity index is 1.73. The molecule has 1 aliphatic carbocycles. The Bertz CT molecular complexity index is 686. The minimum atomic E-state index is -0.723. The summed E-state index contributed by atoms with van der Waals surface area (Å²) in [6.07, 6.45) is 2.98. The van der Waals surface area contributed by atoms with Crippen LogP contribution in [0.5, 0.6) is 0 Å². The molecule has 0 unspecified atom stereocenters. The summed E-state index contributed by atoms with van der Waals surface area (Å²) in [5.74, 6) is -1.39. The number of hydrogen-bond donors (Lipinski definition) is 1. The Morgan fingerprint density at radius 2 is 2.08 bits per heavy atom. The van der Waals surface area contributed by atoms with Gasteiger partial charge in [0, 0.05) is 0 Å². The third-order valence-electron chi connectivity index (χ3n) is 4.16. The van der Waals surface area contributed by atoms with E-state index < -0.39 is 16.7 Å². The minimum absolute atomic E-state index is 0.125. The minimum Gasteiger partial charge on any atom is -0.395 e. The van der Waals surface area contributed by atoms with Crippen LogP contribution in [0.2, 0.25) is 0 Å². The molecule has 3 rings (SSSR count). The van der Waals surface area contributed by atoms with E-state index in [0.29, 0.717) is 12.8 Å². The third-order valence-corrected chi connectivity index (χ3v) is 4.99. The molecular weight excluding hydrogens is 338 g/mol. The standard InChI is InChI=1S/C14H15N3O6S/c18-11-7-24-14(20)16(11)9-4-2-1-3-8(9)15-13(19)10-5-6-12(23-10)17(21)22/h5-6,8-9H,1-4,7H2,(H,15,19)/t8-,9+/m0/s1. The fourth-order valence-electron chi connectivity index (χ4n) is 3.06. The van der Waals surface area contributed by atoms with Gasteiger partial charge in [-0.15, -0.1) is 0 Å². The molecule has 2 atom stereocenters. The van der Waals surface area contributed by atoms with Crippen LogP contribution in [0.4, 0.5) is 10.7 Å². The molecule has 10 heteroatoms. The SMILES string of the molecule is O=C(N[C@H]1CCCC[C@H]1N1C(=O)CSC1=O)c1ccc([N+](=O)[O-])o1. The van der Waals surface area contributed by atoms with Crippen LogP contribution in [-0.4, -0.2) is 44.7 Å². The lowest BCUT2D eigenvalue weighted by Gasteiger charge is -2.36. The van der Waals surface area contributed by atoms with E-state index in [2.05, 4.69) is 5.32 Å². The lowest BCUT2D eigenvalue weighted by Crippen LogP contribution is -2.54. The number of hydrogen-bond acceptors (Lipinski definition) is 7. The summed E-state index contributed by atoms with van der Waals surface area (Å²) in [5, 5.41) is 13.1. The summed E-state index contributed by atoms with van der Waals surface area (Å²) < 4.78 is 4.89. The molecule has 1 saturated heterocycles. The number of rotatable bonds is 4. The van der Waals surface area contributed by atoms with E-state index in [1.165, 1.54) is 11.0 Å². The largest absolute Gasteiger partial charge is 0.433 e. The Morgan fingerprint density at radius 1 is 1.33 bits per heavy atom. The first-order valence-corrected chi connectivity index (χ1v) is 8.50. The van der Waals surface area contributed by atoms with Crippen molar-refractivity contribution in [3.63, 3.8) is 0 Å². The number of carbonyl (C=O) groups is 3. The van der Waals surface area contributed by atoms with Crippen molar-refractivity contribution in [2.24, 2.45) is 0 Å². The van der Waals surface area contributed by atoms with Crippen molar-refractivity contribution in [3.05, 3.63) is 28.0 Å². The molecule has 1 saturated carbocycles. The average Bonchev–Trinajstić information content (AvgIpc) is 3.16. The van der Waals surface area contributed by atoms with Crippen LogP contribution in [0.15, 0.2) is 16.5 Å². The summed E-state index contributed by atoms with van der Waals surface area (Å²) in [4.78, 5) is 47.3. The van der Waals surface area contributed by atoms with Gasteiger partial charge in [-0.25, -0.2) is 0 Å². The number of carbonyl (C=O) groups excluding carboxylic acids is 3. The van der Waals surface area contributed by atoms with Gasteiger partial charge < -0.3 is 9.73 Å². The van der Waals surface area contributed by atoms with E-state index in [-0.39, 0.29) is 34.7 Å². The average molecular weight is 353 g/mol. The molecule has 0 aromatic carbocycles. The van der Waals surface area contributed by atoms with Crippen molar-refractivity contribution in [2.45, 2.75) is 37.8 Å². The second-order valence-electron chi connectivity index (χ2n) is 5.65. The highest BCUT2D eigenvalue weighted by atomic mass is 32.2. The highest BCUT2D eigenvalue weighted by Gasteiger charge is 2.41. The summed E-state index contributed by atoms with van der Waals surface area (Å²) in [5.41, 5.74) is 0. The lowest BCUT2D eigenvalue weighted by molar-refractivity contribution is -0.402. The molecule has 1 aromatic rings. The molecule has 1 N–H and O–H groups in total. The second-order valence-corrected chi connectivity index (χ2v) is 6.57. The van der Waals surface area contributed by atoms with E-state index in [0.717, 1.165) is 30.7 Å². The molecule has 1 aromatic heterocycles. The zero-order valence-corrected chi connectivity index (χ0v) is 13.4. The summed E-state index contributed by atoms with van der Waals surface area (Å²) in [7, 11) is 0. The monoisotopic (exact) mass is 353 g/mol. The Morgan fingerprint density at radius 3 is 2.71 bits per heavy atom. The van der Waals surface area contributed by atoms with Crippen LogP contribution in [0, 0.1) is 10.1 Å². The molecule has 2 fully saturated rings. The van der Waals surface area contributed by atoms with Gasteiger partial charge in [0.15, 0.2) is 5.76 Å². The second kappa shape index (κ2) is 6.63. The highest BCUT2D eigenvalue weighted by molar-refractivity contribution is 8.14. The van der Waals surface area contributed by atoms with Crippen molar-refractivity contribution in [2.75, 3.05) is 5.75 Å². The summed E-state index contributed by atoms with van der Waals surface area (Å²) in [6.45, 7) is 0. The predicted molar refractivity (Wildman–Crippen MR) is 83.6 cm³/mol. The topological polar surface area (TPSA) is 123 Å². The molecule has 128 valence electrons. The van der Waals surface area contributed by atoms with Gasteiger partial charge in [-0.2, -0.15) is 0 Å². The fraction of sp³-hybridized carbons (Fsp3) is 0.500. The number of furan rings is 1. The first-order valence-electron chi connectivity index (χ1n) is 7.51. The maximum absolute atomic E-state index is 12.3. The van der Waals surface area contributed by atoms with Crippen LogP contribution in [0.25, 0.3) is 0 Å². The molecule has 0 radical (unpaired) electrons. The van der Waals surface area contributed by atoms with Crippen LogP contribution in [-0.2, 0) is 4.79 Å². The fourth-order valence-corrected chi connectivity index (χ4v) is 3.82. The molecule has 3 amide bonds. The third kappa shape index (κ3) is 3.14. The van der Waals surface area contributed by atoms with Crippen molar-refractivity contribution in [1.29, 1.82) is 0 Å². The van der Waals surface area contributed by atoms with Gasteiger partial charge in [0.2, 0.25) is 5.91 Å². The van der Waals surface area contributed by atoms with E-state index in [1.54, 1.807) is 0 Å². The number of nitrogens with one attached hydrogen (secondary N) is 1. The van der Waals surface area contributed by atoms with Gasteiger partial charge in [-0.1, -0.05) is 24.6 Å². The number of imide groups is 1. The van der Waals surface area contributed by atoms with E-state index in [9.17, 15) is 24.5 Å². The Labute approximate surface area is 140 Å². The van der Waals surface area contributed by atoms with Gasteiger partial charge in [-0.3, -0.25) is 29.4 Å². The zero-order chi connectivity index (χ0) is 17.3. The van der Waals surface area contributed by atoms with Crippen LogP contribution in [0.3, 0.4) is 0 Å². The Kier molecular flexibility index (Phi) is 4.56. The molecule has 1 aliphatic heterocycles. The quantitative estimate of drug-likeness (QED) is 0.648. The molecule has 0 spiro atoms. The first kappa shape index (κ1) is 16.5. The van der Waals surface area contributed by atoms with Gasteiger partial charge >= 0.3 is 5.88 Å². The summed E-state index contributed by atoms with van der Waals surface area (Å²) >= 11 is 0.962. The molecule has 24 heavy (non-hydrogen) atoms. The van der Waals surface area contributed by atoms with Gasteiger partial charge in [0.05, 0.1) is 23.9 Å². The highest BCUT2D eigenvalue weighted by Crippen LogP contribution is 2.30. The molecule has 9 nitrogen and oxygen atoms in total. The van der Waals surface area contributed by atoms with Crippen LogP contribution in [0.1, 0.15) is 36.2 Å². The predicted octanol–water partition coefficient (Wildman–Crippen LogP) is 1.92. The molecular formula is C14H15N3O6S. The van der Waals surface area contributed by atoms with Crippen molar-refractivity contribution in [1.82, 2.24) is 10.2 Å². The van der Waals surface area contributed by atoms with Crippen molar-refractivity contribution >= 4 is 34.7 Å². The van der Waals surface area contributed by atoms with Gasteiger partial charge in [0.25, 0.3) is 11.1 Å². The normalized spacial score (nSPS) is 24.2.